The zero-order valence-corrected chi connectivity index (χ0v) is 15.2. The van der Waals surface area contributed by atoms with Crippen LogP contribution in [-0.4, -0.2) is 20.6 Å². The molecule has 0 radical (unpaired) electrons. The summed E-state index contributed by atoms with van der Waals surface area (Å²) in [6.45, 7) is 0.870. The maximum Gasteiger partial charge on any atom is 0.303 e. The number of hydrogen-bond donors (Lipinski definition) is 1. The second-order valence-electron chi connectivity index (χ2n) is 6.59. The molecule has 5 heteroatoms. The Labute approximate surface area is 153 Å². The SMILES string of the molecule is O=C(O)CCCCCn1c(-c2ccccc2)nc(=S)c2c1CCCC2. The molecule has 1 heterocycles. The van der Waals surface area contributed by atoms with Crippen LogP contribution in [0.1, 0.15) is 49.8 Å². The van der Waals surface area contributed by atoms with Crippen LogP contribution in [0.4, 0.5) is 0 Å². The van der Waals surface area contributed by atoms with Crippen molar-refractivity contribution in [2.75, 3.05) is 0 Å². The van der Waals surface area contributed by atoms with Gasteiger partial charge in [-0.2, -0.15) is 0 Å². The maximum atomic E-state index is 10.7. The van der Waals surface area contributed by atoms with Gasteiger partial charge in [0.1, 0.15) is 10.5 Å². The first kappa shape index (κ1) is 17.8. The van der Waals surface area contributed by atoms with Crippen LogP contribution >= 0.6 is 12.2 Å². The first-order chi connectivity index (χ1) is 12.2. The predicted molar refractivity (Wildman–Crippen MR) is 101 cm³/mol. The first-order valence-electron chi connectivity index (χ1n) is 9.06. The normalized spacial score (nSPS) is 13.4. The highest BCUT2D eigenvalue weighted by molar-refractivity contribution is 7.71. The minimum atomic E-state index is -0.716. The number of rotatable bonds is 7. The predicted octanol–water partition coefficient (Wildman–Crippen LogP) is 4.80. The number of nitrogens with zero attached hydrogens (tertiary/aromatic N) is 2. The third-order valence-corrected chi connectivity index (χ3v) is 5.13. The average molecular weight is 356 g/mol. The monoisotopic (exact) mass is 356 g/mol. The molecule has 0 spiro atoms. The lowest BCUT2D eigenvalue weighted by Gasteiger charge is -2.24. The van der Waals surface area contributed by atoms with Crippen LogP contribution in [0.5, 0.6) is 0 Å². The van der Waals surface area contributed by atoms with Gasteiger partial charge in [0.05, 0.1) is 0 Å². The first-order valence-corrected chi connectivity index (χ1v) is 9.47. The molecular weight excluding hydrogens is 332 g/mol. The number of carboxylic acid groups (broad SMARTS) is 1. The van der Waals surface area contributed by atoms with E-state index in [0.29, 0.717) is 0 Å². The average Bonchev–Trinajstić information content (AvgIpc) is 2.63. The van der Waals surface area contributed by atoms with Gasteiger partial charge in [0.25, 0.3) is 0 Å². The van der Waals surface area contributed by atoms with E-state index >= 15 is 0 Å². The third kappa shape index (κ3) is 4.34. The largest absolute Gasteiger partial charge is 0.481 e. The Morgan fingerprint density at radius 3 is 2.64 bits per heavy atom. The number of carbonyl (C=O) groups is 1. The molecule has 0 saturated heterocycles. The van der Waals surface area contributed by atoms with Crippen LogP contribution < -0.4 is 0 Å². The molecular formula is C20H24N2O2S. The summed E-state index contributed by atoms with van der Waals surface area (Å²) in [5.74, 6) is 0.233. The molecule has 0 bridgehead atoms. The van der Waals surface area contributed by atoms with Gasteiger partial charge in [-0.1, -0.05) is 49.0 Å². The van der Waals surface area contributed by atoms with Crippen molar-refractivity contribution < 1.29 is 9.90 Å². The van der Waals surface area contributed by atoms with Gasteiger partial charge in [-0.3, -0.25) is 4.79 Å². The van der Waals surface area contributed by atoms with Gasteiger partial charge in [-0.25, -0.2) is 4.98 Å². The van der Waals surface area contributed by atoms with Crippen LogP contribution in [-0.2, 0) is 24.2 Å². The summed E-state index contributed by atoms with van der Waals surface area (Å²) < 4.78 is 3.08. The summed E-state index contributed by atoms with van der Waals surface area (Å²) in [4.78, 5) is 15.4. The zero-order valence-electron chi connectivity index (χ0n) is 14.4. The third-order valence-electron chi connectivity index (χ3n) is 4.79. The van der Waals surface area contributed by atoms with Crippen molar-refractivity contribution >= 4 is 18.2 Å². The van der Waals surface area contributed by atoms with Gasteiger partial charge in [0, 0.05) is 29.8 Å². The topological polar surface area (TPSA) is 55.1 Å². The molecule has 1 aromatic heterocycles. The number of aromatic nitrogens is 2. The number of benzene rings is 1. The highest BCUT2D eigenvalue weighted by Gasteiger charge is 2.18. The van der Waals surface area contributed by atoms with Crippen LogP contribution in [0, 0.1) is 4.64 Å². The fraction of sp³-hybridized carbons (Fsp3) is 0.450. The minimum absolute atomic E-state index is 0.248. The van der Waals surface area contributed by atoms with E-state index in [1.165, 1.54) is 24.1 Å². The molecule has 1 aromatic carbocycles. The van der Waals surface area contributed by atoms with Crippen molar-refractivity contribution in [3.63, 3.8) is 0 Å². The molecule has 4 nitrogen and oxygen atoms in total. The van der Waals surface area contributed by atoms with E-state index in [1.54, 1.807) is 0 Å². The van der Waals surface area contributed by atoms with E-state index in [0.717, 1.165) is 54.7 Å². The fourth-order valence-electron chi connectivity index (χ4n) is 3.54. The lowest BCUT2D eigenvalue weighted by molar-refractivity contribution is -0.137. The lowest BCUT2D eigenvalue weighted by Crippen LogP contribution is -2.18. The van der Waals surface area contributed by atoms with Crippen molar-refractivity contribution in [2.24, 2.45) is 0 Å². The Bertz CT molecular complexity index is 799. The molecule has 1 N–H and O–H groups in total. The smallest absolute Gasteiger partial charge is 0.303 e. The number of hydrogen-bond acceptors (Lipinski definition) is 3. The molecule has 0 fully saturated rings. The van der Waals surface area contributed by atoms with E-state index in [2.05, 4.69) is 16.7 Å². The van der Waals surface area contributed by atoms with E-state index in [4.69, 9.17) is 22.3 Å². The highest BCUT2D eigenvalue weighted by Crippen LogP contribution is 2.27. The Hall–Kier alpha value is -2.01. The zero-order chi connectivity index (χ0) is 17.6. The second kappa shape index (κ2) is 8.39. The van der Waals surface area contributed by atoms with Gasteiger partial charge in [0.2, 0.25) is 0 Å². The summed E-state index contributed by atoms with van der Waals surface area (Å²) in [6, 6.07) is 10.2. The van der Waals surface area contributed by atoms with Crippen molar-refractivity contribution in [1.29, 1.82) is 0 Å². The van der Waals surface area contributed by atoms with Gasteiger partial charge in [-0.05, 0) is 38.5 Å². The number of unbranched alkanes of at least 4 members (excludes halogenated alkanes) is 2. The van der Waals surface area contributed by atoms with Crippen LogP contribution in [0.15, 0.2) is 30.3 Å². The van der Waals surface area contributed by atoms with Gasteiger partial charge in [-0.15, -0.1) is 0 Å². The molecule has 1 aliphatic rings. The number of carboxylic acids is 1. The summed E-state index contributed by atoms with van der Waals surface area (Å²) in [5, 5.41) is 8.78. The van der Waals surface area contributed by atoms with E-state index in [9.17, 15) is 4.79 Å². The standard InChI is InChI=1S/C20H24N2O2S/c23-18(24)13-5-2-8-14-22-17-12-7-6-11-16(17)20(25)21-19(22)15-9-3-1-4-10-15/h1,3-4,9-10H,2,5-8,11-14H2,(H,23,24). The molecule has 2 aromatic rings. The fourth-order valence-corrected chi connectivity index (χ4v) is 3.85. The van der Waals surface area contributed by atoms with Gasteiger partial charge >= 0.3 is 5.97 Å². The minimum Gasteiger partial charge on any atom is -0.481 e. The number of fused-ring (bicyclic) bond motifs is 1. The molecule has 0 saturated carbocycles. The molecule has 0 aliphatic heterocycles. The van der Waals surface area contributed by atoms with Crippen molar-refractivity contribution in [3.8, 4) is 11.4 Å². The van der Waals surface area contributed by atoms with Crippen LogP contribution in [0.2, 0.25) is 0 Å². The molecule has 0 unspecified atom stereocenters. The van der Waals surface area contributed by atoms with Crippen molar-refractivity contribution in [2.45, 2.75) is 57.9 Å². The van der Waals surface area contributed by atoms with Crippen molar-refractivity contribution in [1.82, 2.24) is 9.55 Å². The Balaban J connectivity index is 1.90. The molecule has 0 atom stereocenters. The molecule has 25 heavy (non-hydrogen) atoms. The quantitative estimate of drug-likeness (QED) is 0.572. The maximum absolute atomic E-state index is 10.7. The van der Waals surface area contributed by atoms with E-state index in [1.807, 2.05) is 18.2 Å². The van der Waals surface area contributed by atoms with E-state index in [-0.39, 0.29) is 6.42 Å². The molecule has 0 amide bonds. The van der Waals surface area contributed by atoms with Crippen LogP contribution in [0.25, 0.3) is 11.4 Å². The van der Waals surface area contributed by atoms with Crippen molar-refractivity contribution in [3.05, 3.63) is 46.2 Å². The summed E-state index contributed by atoms with van der Waals surface area (Å²) >= 11 is 5.58. The lowest BCUT2D eigenvalue weighted by atomic mass is 9.96. The molecule has 1 aliphatic carbocycles. The Morgan fingerprint density at radius 2 is 1.88 bits per heavy atom. The Kier molecular flexibility index (Phi) is 5.97. The summed E-state index contributed by atoms with van der Waals surface area (Å²) in [5.41, 5.74) is 3.67. The van der Waals surface area contributed by atoms with E-state index < -0.39 is 5.97 Å². The highest BCUT2D eigenvalue weighted by atomic mass is 32.1. The second-order valence-corrected chi connectivity index (χ2v) is 6.98. The summed E-state index contributed by atoms with van der Waals surface area (Å²) in [6.07, 6.45) is 7.30. The summed E-state index contributed by atoms with van der Waals surface area (Å²) in [7, 11) is 0. The number of aliphatic carboxylic acids is 1. The molecule has 3 rings (SSSR count). The van der Waals surface area contributed by atoms with Crippen LogP contribution in [0.3, 0.4) is 0 Å². The van der Waals surface area contributed by atoms with Gasteiger partial charge < -0.3 is 9.67 Å². The molecule has 132 valence electrons. The Morgan fingerprint density at radius 1 is 1.12 bits per heavy atom. The van der Waals surface area contributed by atoms with Gasteiger partial charge in [0.15, 0.2) is 0 Å².